The molecule has 3 N–H and O–H groups in total. The zero-order chi connectivity index (χ0) is 18.3. The molecule has 4 unspecified atom stereocenters. The molecule has 5 atom stereocenters. The number of carbonyl (C=O) groups excluding carboxylic acids is 1. The summed E-state index contributed by atoms with van der Waals surface area (Å²) in [5.41, 5.74) is 0.518. The van der Waals surface area contributed by atoms with Crippen LogP contribution < -0.4 is 10.4 Å². The number of carbonyl (C=O) groups is 1. The molecule has 3 rings (SSSR count). The summed E-state index contributed by atoms with van der Waals surface area (Å²) in [6, 6.07) is 6.06. The van der Waals surface area contributed by atoms with Gasteiger partial charge in [-0.3, -0.25) is 4.79 Å². The summed E-state index contributed by atoms with van der Waals surface area (Å²) in [7, 11) is 0. The second-order valence-electron chi connectivity index (χ2n) is 6.03. The highest BCUT2D eigenvalue weighted by molar-refractivity contribution is 5.82. The van der Waals surface area contributed by atoms with Crippen molar-refractivity contribution in [1.29, 1.82) is 0 Å². The van der Waals surface area contributed by atoms with E-state index in [1.807, 2.05) is 0 Å². The Labute approximate surface area is 142 Å². The Balaban J connectivity index is 1.89. The van der Waals surface area contributed by atoms with Crippen molar-refractivity contribution in [2.75, 3.05) is 0 Å². The van der Waals surface area contributed by atoms with Gasteiger partial charge < -0.3 is 29.2 Å². The molecule has 1 aromatic heterocycles. The molecule has 8 heteroatoms. The minimum Gasteiger partial charge on any atom is -0.462 e. The molecule has 2 heterocycles. The van der Waals surface area contributed by atoms with Crippen LogP contribution in [0.25, 0.3) is 11.0 Å². The number of hydrogen-bond donors (Lipinski definition) is 3. The lowest BCUT2D eigenvalue weighted by Crippen LogP contribution is -2.60. The molecule has 1 saturated heterocycles. The van der Waals surface area contributed by atoms with Crippen molar-refractivity contribution in [3.05, 3.63) is 40.2 Å². The minimum atomic E-state index is -1.60. The maximum absolute atomic E-state index is 11.5. The van der Waals surface area contributed by atoms with Crippen LogP contribution in [0.1, 0.15) is 12.5 Å². The monoisotopic (exact) mass is 350 g/mol. The van der Waals surface area contributed by atoms with Gasteiger partial charge in [-0.25, -0.2) is 4.79 Å². The lowest BCUT2D eigenvalue weighted by Gasteiger charge is -2.39. The summed E-state index contributed by atoms with van der Waals surface area (Å²) in [6.45, 7) is 2.96. The molecule has 134 valence electrons. The Hall–Kier alpha value is -2.26. The van der Waals surface area contributed by atoms with E-state index in [2.05, 4.69) is 0 Å². The van der Waals surface area contributed by atoms with E-state index in [1.165, 1.54) is 19.1 Å². The summed E-state index contributed by atoms with van der Waals surface area (Å²) in [6.07, 6.45) is -7.41. The van der Waals surface area contributed by atoms with Crippen molar-refractivity contribution in [3.63, 3.8) is 0 Å². The van der Waals surface area contributed by atoms with Gasteiger partial charge in [-0.15, -0.1) is 0 Å². The molecular formula is C17H18O8. The summed E-state index contributed by atoms with van der Waals surface area (Å²) in [5.74, 6) is -0.302. The predicted octanol–water partition coefficient (Wildman–Crippen LogP) is -0.123. The highest BCUT2D eigenvalue weighted by atomic mass is 16.7. The van der Waals surface area contributed by atoms with Crippen LogP contribution in [0.4, 0.5) is 0 Å². The molecule has 0 bridgehead atoms. The maximum atomic E-state index is 11.5. The number of aryl methyl sites for hydroxylation is 1. The van der Waals surface area contributed by atoms with Crippen molar-refractivity contribution < 1.29 is 34.0 Å². The lowest BCUT2D eigenvalue weighted by atomic mass is 9.97. The molecule has 8 nitrogen and oxygen atoms in total. The molecule has 1 aliphatic heterocycles. The van der Waals surface area contributed by atoms with Crippen LogP contribution in [0.3, 0.4) is 0 Å². The number of fused-ring (bicyclic) bond motifs is 1. The van der Waals surface area contributed by atoms with Gasteiger partial charge in [0.2, 0.25) is 6.29 Å². The molecule has 0 amide bonds. The lowest BCUT2D eigenvalue weighted by molar-refractivity contribution is -0.265. The predicted molar refractivity (Wildman–Crippen MR) is 85.2 cm³/mol. The molecule has 2 aromatic rings. The summed E-state index contributed by atoms with van der Waals surface area (Å²) in [5, 5.41) is 30.4. The average molecular weight is 350 g/mol. The van der Waals surface area contributed by atoms with Crippen molar-refractivity contribution >= 4 is 16.8 Å². The van der Waals surface area contributed by atoms with Gasteiger partial charge in [-0.2, -0.15) is 0 Å². The van der Waals surface area contributed by atoms with Gasteiger partial charge in [0.25, 0.3) is 0 Å². The molecule has 1 fully saturated rings. The zero-order valence-corrected chi connectivity index (χ0v) is 13.6. The van der Waals surface area contributed by atoms with E-state index >= 15 is 0 Å². The number of hydrogen-bond acceptors (Lipinski definition) is 8. The van der Waals surface area contributed by atoms with E-state index in [4.69, 9.17) is 13.9 Å². The van der Waals surface area contributed by atoms with Crippen LogP contribution in [0.5, 0.6) is 5.75 Å². The zero-order valence-electron chi connectivity index (χ0n) is 13.6. The SMILES string of the molecule is CC(=O)C1OC(Oc2ccc3c(C)cc(=O)oc3c2)[C@@H](O)C(O)C1O. The number of benzene rings is 1. The summed E-state index contributed by atoms with van der Waals surface area (Å²) < 4.78 is 15.9. The number of Topliss-reactive ketones (excluding diaryl/α,β-unsaturated/α-hetero) is 1. The van der Waals surface area contributed by atoms with E-state index < -0.39 is 42.1 Å². The molecular weight excluding hydrogens is 332 g/mol. The molecule has 0 saturated carbocycles. The third kappa shape index (κ3) is 3.29. The minimum absolute atomic E-state index is 0.205. The first-order chi connectivity index (χ1) is 11.8. The smallest absolute Gasteiger partial charge is 0.336 e. The fourth-order valence-electron chi connectivity index (χ4n) is 2.79. The van der Waals surface area contributed by atoms with E-state index in [-0.39, 0.29) is 11.3 Å². The van der Waals surface area contributed by atoms with Gasteiger partial charge in [0.1, 0.15) is 35.7 Å². The molecule has 0 spiro atoms. The van der Waals surface area contributed by atoms with Crippen molar-refractivity contribution in [2.45, 2.75) is 44.6 Å². The van der Waals surface area contributed by atoms with Gasteiger partial charge in [0.15, 0.2) is 5.78 Å². The quantitative estimate of drug-likeness (QED) is 0.654. The highest BCUT2D eigenvalue weighted by Crippen LogP contribution is 2.27. The van der Waals surface area contributed by atoms with E-state index in [9.17, 15) is 24.9 Å². The summed E-state index contributed by atoms with van der Waals surface area (Å²) >= 11 is 0. The van der Waals surface area contributed by atoms with E-state index in [1.54, 1.807) is 19.1 Å². The Morgan fingerprint density at radius 3 is 2.52 bits per heavy atom. The molecule has 0 aliphatic carbocycles. The number of aliphatic hydroxyl groups is 3. The van der Waals surface area contributed by atoms with Crippen molar-refractivity contribution in [2.24, 2.45) is 0 Å². The van der Waals surface area contributed by atoms with Crippen molar-refractivity contribution in [1.82, 2.24) is 0 Å². The number of aliphatic hydroxyl groups excluding tert-OH is 3. The normalized spacial score (nSPS) is 29.6. The number of ketones is 1. The van der Waals surface area contributed by atoms with Crippen molar-refractivity contribution in [3.8, 4) is 5.75 Å². The first-order valence-electron chi connectivity index (χ1n) is 7.69. The second-order valence-corrected chi connectivity index (χ2v) is 6.03. The largest absolute Gasteiger partial charge is 0.462 e. The third-order valence-electron chi connectivity index (χ3n) is 4.15. The molecule has 25 heavy (non-hydrogen) atoms. The van der Waals surface area contributed by atoms with Crippen LogP contribution in [0.15, 0.2) is 33.5 Å². The number of ether oxygens (including phenoxy) is 2. The standard InChI is InChI=1S/C17H18O8/c1-7-5-12(19)24-11-6-9(3-4-10(7)11)23-17-15(22)13(20)14(21)16(25-17)8(2)18/h3-6,13-17,20-22H,1-2H3/t13?,14?,15-,16?,17?/m0/s1. The number of rotatable bonds is 3. The fraction of sp³-hybridized carbons (Fsp3) is 0.412. The first kappa shape index (κ1) is 17.6. The summed E-state index contributed by atoms with van der Waals surface area (Å²) in [4.78, 5) is 23.0. The molecule has 1 aromatic carbocycles. The molecule has 0 radical (unpaired) electrons. The van der Waals surface area contributed by atoms with E-state index in [0.29, 0.717) is 5.39 Å². The Bertz CT molecular complexity index is 857. The van der Waals surface area contributed by atoms with Gasteiger partial charge in [0, 0.05) is 17.5 Å². The Morgan fingerprint density at radius 1 is 1.12 bits per heavy atom. The maximum Gasteiger partial charge on any atom is 0.336 e. The third-order valence-corrected chi connectivity index (χ3v) is 4.15. The second kappa shape index (κ2) is 6.57. The Morgan fingerprint density at radius 2 is 1.84 bits per heavy atom. The van der Waals surface area contributed by atoms with Crippen LogP contribution in [-0.4, -0.2) is 51.8 Å². The van der Waals surface area contributed by atoms with Gasteiger partial charge in [-0.1, -0.05) is 0 Å². The topological polar surface area (TPSA) is 126 Å². The van der Waals surface area contributed by atoms with E-state index in [0.717, 1.165) is 5.56 Å². The van der Waals surface area contributed by atoms with Gasteiger partial charge in [0.05, 0.1) is 0 Å². The van der Waals surface area contributed by atoms with Crippen LogP contribution in [-0.2, 0) is 9.53 Å². The van der Waals surface area contributed by atoms with Gasteiger partial charge >= 0.3 is 5.63 Å². The molecule has 1 aliphatic rings. The van der Waals surface area contributed by atoms with Crippen LogP contribution in [0, 0.1) is 6.92 Å². The van der Waals surface area contributed by atoms with Crippen LogP contribution in [0.2, 0.25) is 0 Å². The average Bonchev–Trinajstić information content (AvgIpc) is 2.54. The first-order valence-corrected chi connectivity index (χ1v) is 7.69. The van der Waals surface area contributed by atoms with Gasteiger partial charge in [-0.05, 0) is 31.5 Å². The fourth-order valence-corrected chi connectivity index (χ4v) is 2.79. The Kier molecular flexibility index (Phi) is 4.61. The highest BCUT2D eigenvalue weighted by Gasteiger charge is 2.46. The van der Waals surface area contributed by atoms with Crippen LogP contribution >= 0.6 is 0 Å².